The monoisotopic (exact) mass is 590 g/mol. The molecule has 0 spiro atoms. The first-order valence-corrected chi connectivity index (χ1v) is 10.8. The Morgan fingerprint density at radius 2 is 1.58 bits per heavy atom. The summed E-state index contributed by atoms with van der Waals surface area (Å²) in [5, 5.41) is 8.96. The lowest BCUT2D eigenvalue weighted by molar-refractivity contribution is -0.138. The number of nitrogens with zero attached hydrogens (tertiary/aromatic N) is 5. The van der Waals surface area contributed by atoms with Crippen molar-refractivity contribution in [2.24, 2.45) is 0 Å². The van der Waals surface area contributed by atoms with Crippen LogP contribution in [-0.4, -0.2) is 30.9 Å². The molecule has 0 aliphatic carbocycles. The smallest absolute Gasteiger partial charge is 0.321 e. The van der Waals surface area contributed by atoms with Gasteiger partial charge in [-0.2, -0.15) is 36.5 Å². The van der Waals surface area contributed by atoms with Crippen LogP contribution in [0, 0.1) is 0 Å². The van der Waals surface area contributed by atoms with Gasteiger partial charge in [-0.05, 0) is 51.3 Å². The Balaban J connectivity index is 1.74. The maximum absolute atomic E-state index is 13.9. The number of carbonyl (C=O) groups excluding carboxylic acids is 1. The number of amides is 1. The van der Waals surface area contributed by atoms with Crippen molar-refractivity contribution in [1.82, 2.24) is 25.0 Å². The van der Waals surface area contributed by atoms with E-state index in [4.69, 9.17) is 11.6 Å². The molecule has 4 rings (SSSR count). The number of benzene rings is 1. The van der Waals surface area contributed by atoms with E-state index >= 15 is 0 Å². The summed E-state index contributed by atoms with van der Waals surface area (Å²) in [5.41, 5.74) is -3.71. The van der Waals surface area contributed by atoms with Crippen LogP contribution in [0.2, 0.25) is 5.02 Å². The van der Waals surface area contributed by atoms with Gasteiger partial charge >= 0.3 is 12.4 Å². The van der Waals surface area contributed by atoms with Gasteiger partial charge in [0.05, 0.1) is 40.4 Å². The first kappa shape index (κ1) is 25.6. The van der Waals surface area contributed by atoms with Crippen LogP contribution >= 0.6 is 27.5 Å². The van der Waals surface area contributed by atoms with E-state index in [0.29, 0.717) is 16.9 Å². The highest BCUT2D eigenvalue weighted by atomic mass is 79.9. The van der Waals surface area contributed by atoms with Gasteiger partial charge in [-0.25, -0.2) is 4.98 Å². The molecule has 0 saturated heterocycles. The zero-order valence-electron chi connectivity index (χ0n) is 17.4. The van der Waals surface area contributed by atoms with Crippen LogP contribution in [0.4, 0.5) is 32.0 Å². The molecular weight excluding hydrogens is 582 g/mol. The standard InChI is InChI=1S/C21H10BrClF6N6O/c22-16-9-30-2-1-11(16)12-7-17(23)13(6-14(12)20(24,25)26)19(36)34-10-5-15(21(27,28)29)18(31-8-10)35-32-3-4-33-35/h1-9H,(H,34,36). The highest BCUT2D eigenvalue weighted by Crippen LogP contribution is 2.42. The number of aromatic nitrogens is 5. The zero-order valence-corrected chi connectivity index (χ0v) is 19.7. The van der Waals surface area contributed by atoms with E-state index in [-0.39, 0.29) is 20.6 Å². The van der Waals surface area contributed by atoms with Gasteiger partial charge in [0, 0.05) is 16.9 Å². The average Bonchev–Trinajstić information content (AvgIpc) is 3.32. The summed E-state index contributed by atoms with van der Waals surface area (Å²) >= 11 is 9.27. The molecule has 4 aromatic rings. The molecule has 7 nitrogen and oxygen atoms in total. The number of nitrogens with one attached hydrogen (secondary N) is 1. The third-order valence-electron chi connectivity index (χ3n) is 4.76. The Labute approximate surface area is 211 Å². The second kappa shape index (κ2) is 9.50. The SMILES string of the molecule is O=C(Nc1cnc(-n2nccn2)c(C(F)(F)F)c1)c1cc(C(F)(F)F)c(-c2ccncc2Br)cc1Cl. The number of carbonyl (C=O) groups is 1. The molecule has 0 saturated carbocycles. The number of pyridine rings is 2. The molecule has 0 aliphatic rings. The van der Waals surface area contributed by atoms with E-state index in [0.717, 1.165) is 24.7 Å². The molecule has 1 N–H and O–H groups in total. The quantitative estimate of drug-likeness (QED) is 0.277. The largest absolute Gasteiger partial charge is 0.420 e. The number of halogens is 8. The van der Waals surface area contributed by atoms with Crippen LogP contribution in [0.5, 0.6) is 0 Å². The maximum atomic E-state index is 13.9. The topological polar surface area (TPSA) is 85.6 Å². The van der Waals surface area contributed by atoms with Gasteiger partial charge in [0.15, 0.2) is 5.82 Å². The van der Waals surface area contributed by atoms with E-state index in [9.17, 15) is 31.1 Å². The van der Waals surface area contributed by atoms with E-state index < -0.39 is 46.5 Å². The summed E-state index contributed by atoms with van der Waals surface area (Å²) in [6.45, 7) is 0. The maximum Gasteiger partial charge on any atom is 0.420 e. The van der Waals surface area contributed by atoms with Crippen LogP contribution in [0.25, 0.3) is 16.9 Å². The Bertz CT molecular complexity index is 1440. The number of rotatable bonds is 4. The Hall–Kier alpha value is -3.52. The molecule has 0 atom stereocenters. The summed E-state index contributed by atoms with van der Waals surface area (Å²) < 4.78 is 82.7. The van der Waals surface area contributed by atoms with Crippen molar-refractivity contribution in [2.75, 3.05) is 5.32 Å². The van der Waals surface area contributed by atoms with Crippen molar-refractivity contribution in [1.29, 1.82) is 0 Å². The van der Waals surface area contributed by atoms with Crippen LogP contribution in [0.3, 0.4) is 0 Å². The number of anilines is 1. The molecular formula is C21H10BrClF6N6O. The lowest BCUT2D eigenvalue weighted by atomic mass is 9.97. The minimum Gasteiger partial charge on any atom is -0.321 e. The molecule has 0 fully saturated rings. The third-order valence-corrected chi connectivity index (χ3v) is 5.70. The van der Waals surface area contributed by atoms with E-state index in [1.807, 2.05) is 0 Å². The number of hydrogen-bond acceptors (Lipinski definition) is 5. The van der Waals surface area contributed by atoms with Crippen molar-refractivity contribution in [2.45, 2.75) is 12.4 Å². The summed E-state index contributed by atoms with van der Waals surface area (Å²) in [6, 6.07) is 3.36. The molecule has 1 amide bonds. The molecule has 1 aromatic carbocycles. The van der Waals surface area contributed by atoms with Crippen LogP contribution in [0.1, 0.15) is 21.5 Å². The minimum atomic E-state index is -4.91. The van der Waals surface area contributed by atoms with Gasteiger partial charge in [-0.1, -0.05) is 11.6 Å². The lowest BCUT2D eigenvalue weighted by Crippen LogP contribution is -2.18. The van der Waals surface area contributed by atoms with E-state index in [1.54, 1.807) is 0 Å². The lowest BCUT2D eigenvalue weighted by Gasteiger charge is -2.17. The zero-order chi connectivity index (χ0) is 26.3. The van der Waals surface area contributed by atoms with E-state index in [1.165, 1.54) is 18.5 Å². The summed E-state index contributed by atoms with van der Waals surface area (Å²) in [5.74, 6) is -1.83. The first-order chi connectivity index (χ1) is 16.9. The summed E-state index contributed by atoms with van der Waals surface area (Å²) in [7, 11) is 0. The molecule has 3 aromatic heterocycles. The van der Waals surface area contributed by atoms with Gasteiger partial charge in [0.2, 0.25) is 0 Å². The molecule has 0 unspecified atom stereocenters. The van der Waals surface area contributed by atoms with Crippen molar-refractivity contribution in [3.05, 3.63) is 81.4 Å². The predicted octanol–water partition coefficient (Wildman–Crippen LogP) is 6.43. The molecule has 15 heteroatoms. The third kappa shape index (κ3) is 5.18. The molecule has 36 heavy (non-hydrogen) atoms. The van der Waals surface area contributed by atoms with Gasteiger partial charge < -0.3 is 5.32 Å². The molecule has 186 valence electrons. The molecule has 0 bridgehead atoms. The van der Waals surface area contributed by atoms with Gasteiger partial charge in [0.25, 0.3) is 5.91 Å². The van der Waals surface area contributed by atoms with Crippen molar-refractivity contribution in [3.8, 4) is 16.9 Å². The van der Waals surface area contributed by atoms with Gasteiger partial charge in [-0.15, -0.1) is 4.80 Å². The number of alkyl halides is 6. The van der Waals surface area contributed by atoms with Crippen molar-refractivity contribution in [3.63, 3.8) is 0 Å². The van der Waals surface area contributed by atoms with Gasteiger partial charge in [0.1, 0.15) is 5.56 Å². The second-order valence-corrected chi connectivity index (χ2v) is 8.36. The molecule has 3 heterocycles. The van der Waals surface area contributed by atoms with Crippen molar-refractivity contribution >= 4 is 39.1 Å². The van der Waals surface area contributed by atoms with Gasteiger partial charge in [-0.3, -0.25) is 9.78 Å². The predicted molar refractivity (Wildman–Crippen MR) is 119 cm³/mol. The normalized spacial score (nSPS) is 12.0. The highest BCUT2D eigenvalue weighted by molar-refractivity contribution is 9.10. The Morgan fingerprint density at radius 3 is 2.19 bits per heavy atom. The van der Waals surface area contributed by atoms with Crippen LogP contribution in [-0.2, 0) is 12.4 Å². The highest BCUT2D eigenvalue weighted by Gasteiger charge is 2.37. The number of hydrogen-bond donors (Lipinski definition) is 1. The van der Waals surface area contributed by atoms with Crippen LogP contribution in [0.15, 0.2) is 59.7 Å². The fourth-order valence-corrected chi connectivity index (χ4v) is 3.93. The molecule has 0 aliphatic heterocycles. The Kier molecular flexibility index (Phi) is 6.75. The Morgan fingerprint density at radius 1 is 0.917 bits per heavy atom. The van der Waals surface area contributed by atoms with Crippen molar-refractivity contribution < 1.29 is 31.1 Å². The summed E-state index contributed by atoms with van der Waals surface area (Å²) in [6.07, 6.45) is -4.05. The van der Waals surface area contributed by atoms with E-state index in [2.05, 4.69) is 41.4 Å². The summed E-state index contributed by atoms with van der Waals surface area (Å²) in [4.78, 5) is 20.9. The first-order valence-electron chi connectivity index (χ1n) is 9.62. The average molecular weight is 592 g/mol. The fourth-order valence-electron chi connectivity index (χ4n) is 3.22. The van der Waals surface area contributed by atoms with Crippen LogP contribution < -0.4 is 5.32 Å². The fraction of sp³-hybridized carbons (Fsp3) is 0.0952. The molecule has 0 radical (unpaired) electrons. The minimum absolute atomic E-state index is 0.119. The second-order valence-electron chi connectivity index (χ2n) is 7.10.